The van der Waals surface area contributed by atoms with Gasteiger partial charge in [0.05, 0.1) is 5.56 Å². The summed E-state index contributed by atoms with van der Waals surface area (Å²) < 4.78 is 37.3. The Morgan fingerprint density at radius 1 is 1.05 bits per heavy atom. The van der Waals surface area contributed by atoms with Gasteiger partial charge in [0.1, 0.15) is 5.92 Å². The van der Waals surface area contributed by atoms with Crippen LogP contribution in [-0.2, 0) is 27.0 Å². The van der Waals surface area contributed by atoms with Crippen LogP contribution in [0.5, 0.6) is 0 Å². The van der Waals surface area contributed by atoms with Gasteiger partial charge in [-0.25, -0.2) is 0 Å². The van der Waals surface area contributed by atoms with E-state index in [2.05, 4.69) is 0 Å². The third kappa shape index (κ3) is 3.56. The van der Waals surface area contributed by atoms with E-state index in [0.717, 1.165) is 12.1 Å². The first kappa shape index (κ1) is 15.4. The molecular weight excluding hydrogens is 285 g/mol. The van der Waals surface area contributed by atoms with Crippen molar-refractivity contribution in [3.8, 4) is 0 Å². The normalized spacial score (nSPS) is 17.1. The van der Waals surface area contributed by atoms with Crippen molar-refractivity contribution in [2.24, 2.45) is 5.92 Å². The fourth-order valence-corrected chi connectivity index (χ4v) is 2.38. The van der Waals surface area contributed by atoms with Crippen LogP contribution < -0.4 is 0 Å². The van der Waals surface area contributed by atoms with Crippen molar-refractivity contribution in [2.45, 2.75) is 31.9 Å². The van der Waals surface area contributed by atoms with E-state index in [1.54, 1.807) is 0 Å². The van der Waals surface area contributed by atoms with Crippen LogP contribution in [0.25, 0.3) is 0 Å². The highest BCUT2D eigenvalue weighted by Crippen LogP contribution is 2.29. The molecule has 0 saturated heterocycles. The van der Waals surface area contributed by atoms with Gasteiger partial charge in [-0.05, 0) is 24.1 Å². The number of carbonyl (C=O) groups is 3. The van der Waals surface area contributed by atoms with Gasteiger partial charge < -0.3 is 0 Å². The number of Topliss-reactive ketones (excluding diaryl/α,β-unsaturated/α-hetero) is 3. The second kappa shape index (κ2) is 5.79. The summed E-state index contributed by atoms with van der Waals surface area (Å²) >= 11 is 0. The zero-order valence-corrected chi connectivity index (χ0v) is 11.1. The van der Waals surface area contributed by atoms with Crippen LogP contribution >= 0.6 is 0 Å². The Hall–Kier alpha value is -1.98. The van der Waals surface area contributed by atoms with Crippen molar-refractivity contribution < 1.29 is 27.6 Å². The molecule has 1 aliphatic rings. The first-order valence-corrected chi connectivity index (χ1v) is 6.53. The predicted molar refractivity (Wildman–Crippen MR) is 67.5 cm³/mol. The SMILES string of the molecule is O=C1CCCC(=O)C1C(=O)Cc1ccc(C(F)(F)F)cc1. The molecule has 6 heteroatoms. The lowest BCUT2D eigenvalue weighted by Crippen LogP contribution is -2.36. The molecule has 0 heterocycles. The van der Waals surface area contributed by atoms with Crippen molar-refractivity contribution >= 4 is 17.3 Å². The van der Waals surface area contributed by atoms with Gasteiger partial charge in [0.25, 0.3) is 0 Å². The zero-order valence-electron chi connectivity index (χ0n) is 11.1. The predicted octanol–water partition coefficient (Wildman–Crippen LogP) is 2.76. The van der Waals surface area contributed by atoms with Gasteiger partial charge >= 0.3 is 6.18 Å². The monoisotopic (exact) mass is 298 g/mol. The number of halogens is 3. The molecule has 2 rings (SSSR count). The molecular formula is C15H13F3O3. The van der Waals surface area contributed by atoms with Crippen molar-refractivity contribution in [1.29, 1.82) is 0 Å². The van der Waals surface area contributed by atoms with E-state index in [-0.39, 0.29) is 30.8 Å². The molecule has 112 valence electrons. The summed E-state index contributed by atoms with van der Waals surface area (Å²) in [6.07, 6.45) is -3.77. The molecule has 1 aromatic carbocycles. The van der Waals surface area contributed by atoms with Crippen molar-refractivity contribution in [3.05, 3.63) is 35.4 Å². The lowest BCUT2D eigenvalue weighted by molar-refractivity contribution is -0.142. The Kier molecular flexibility index (Phi) is 4.25. The standard InChI is InChI=1S/C15H13F3O3/c16-15(17,18)10-6-4-9(5-7-10)8-13(21)14-11(19)2-1-3-12(14)20/h4-7,14H,1-3,8H2. The molecule has 0 aromatic heterocycles. The minimum atomic E-state index is -4.43. The van der Waals surface area contributed by atoms with Gasteiger partial charge in [0, 0.05) is 19.3 Å². The summed E-state index contributed by atoms with van der Waals surface area (Å²) in [6.45, 7) is 0. The zero-order chi connectivity index (χ0) is 15.6. The average molecular weight is 298 g/mol. The molecule has 0 aliphatic heterocycles. The van der Waals surface area contributed by atoms with E-state index < -0.39 is 23.4 Å². The van der Waals surface area contributed by atoms with Gasteiger partial charge in [0.15, 0.2) is 17.3 Å². The number of carbonyl (C=O) groups excluding carboxylic acids is 3. The molecule has 1 aliphatic carbocycles. The highest BCUT2D eigenvalue weighted by molar-refractivity contribution is 6.20. The molecule has 1 fully saturated rings. The highest BCUT2D eigenvalue weighted by atomic mass is 19.4. The molecule has 0 spiro atoms. The van der Waals surface area contributed by atoms with Crippen LogP contribution in [0.1, 0.15) is 30.4 Å². The van der Waals surface area contributed by atoms with E-state index in [1.165, 1.54) is 12.1 Å². The van der Waals surface area contributed by atoms with Crippen LogP contribution in [0.15, 0.2) is 24.3 Å². The molecule has 0 atom stereocenters. The fourth-order valence-electron chi connectivity index (χ4n) is 2.38. The van der Waals surface area contributed by atoms with Crippen LogP contribution in [0.2, 0.25) is 0 Å². The van der Waals surface area contributed by atoms with Gasteiger partial charge in [-0.2, -0.15) is 13.2 Å². The molecule has 0 amide bonds. The van der Waals surface area contributed by atoms with Crippen molar-refractivity contribution in [3.63, 3.8) is 0 Å². The summed E-state index contributed by atoms with van der Waals surface area (Å²) in [7, 11) is 0. The van der Waals surface area contributed by atoms with Gasteiger partial charge in [-0.1, -0.05) is 12.1 Å². The minimum Gasteiger partial charge on any atom is -0.298 e. The summed E-state index contributed by atoms with van der Waals surface area (Å²) in [5.41, 5.74) is -0.442. The maximum atomic E-state index is 12.4. The lowest BCUT2D eigenvalue weighted by Gasteiger charge is -2.18. The maximum absolute atomic E-state index is 12.4. The topological polar surface area (TPSA) is 51.2 Å². The van der Waals surface area contributed by atoms with E-state index in [0.29, 0.717) is 12.0 Å². The van der Waals surface area contributed by atoms with E-state index in [9.17, 15) is 27.6 Å². The third-order valence-corrected chi connectivity index (χ3v) is 3.47. The van der Waals surface area contributed by atoms with Crippen molar-refractivity contribution in [2.75, 3.05) is 0 Å². The average Bonchev–Trinajstić information content (AvgIpc) is 2.38. The molecule has 0 radical (unpaired) electrons. The van der Waals surface area contributed by atoms with Crippen LogP contribution in [0, 0.1) is 5.92 Å². The Morgan fingerprint density at radius 3 is 2.05 bits per heavy atom. The second-order valence-corrected chi connectivity index (χ2v) is 5.06. The third-order valence-electron chi connectivity index (χ3n) is 3.47. The Labute approximate surface area is 119 Å². The number of hydrogen-bond donors (Lipinski definition) is 0. The van der Waals surface area contributed by atoms with Gasteiger partial charge in [0.2, 0.25) is 0 Å². The van der Waals surface area contributed by atoms with Crippen LogP contribution in [0.3, 0.4) is 0 Å². The number of benzene rings is 1. The highest BCUT2D eigenvalue weighted by Gasteiger charge is 2.35. The Morgan fingerprint density at radius 2 is 1.57 bits per heavy atom. The number of hydrogen-bond acceptors (Lipinski definition) is 3. The summed E-state index contributed by atoms with van der Waals surface area (Å²) in [5.74, 6) is -2.54. The van der Waals surface area contributed by atoms with Crippen LogP contribution in [0.4, 0.5) is 13.2 Å². The molecule has 0 bridgehead atoms. The second-order valence-electron chi connectivity index (χ2n) is 5.06. The summed E-state index contributed by atoms with van der Waals surface area (Å²) in [4.78, 5) is 35.3. The van der Waals surface area contributed by atoms with E-state index >= 15 is 0 Å². The van der Waals surface area contributed by atoms with Crippen LogP contribution in [-0.4, -0.2) is 17.3 Å². The van der Waals surface area contributed by atoms with Gasteiger partial charge in [-0.15, -0.1) is 0 Å². The lowest BCUT2D eigenvalue weighted by atomic mass is 9.82. The smallest absolute Gasteiger partial charge is 0.298 e. The molecule has 3 nitrogen and oxygen atoms in total. The summed E-state index contributed by atoms with van der Waals surface area (Å²) in [5, 5.41) is 0. The number of ketones is 3. The minimum absolute atomic E-state index is 0.204. The molecule has 0 unspecified atom stereocenters. The largest absolute Gasteiger partial charge is 0.416 e. The fraction of sp³-hybridized carbons (Fsp3) is 0.400. The first-order chi connectivity index (χ1) is 9.79. The Bertz CT molecular complexity index is 557. The van der Waals surface area contributed by atoms with Gasteiger partial charge in [-0.3, -0.25) is 14.4 Å². The molecule has 1 saturated carbocycles. The maximum Gasteiger partial charge on any atom is 0.416 e. The molecule has 0 N–H and O–H groups in total. The molecule has 1 aromatic rings. The first-order valence-electron chi connectivity index (χ1n) is 6.53. The summed E-state index contributed by atoms with van der Waals surface area (Å²) in [6, 6.07) is 4.15. The quantitative estimate of drug-likeness (QED) is 0.806. The van der Waals surface area contributed by atoms with Crippen molar-refractivity contribution in [1.82, 2.24) is 0 Å². The number of rotatable bonds is 3. The van der Waals surface area contributed by atoms with E-state index in [1.807, 2.05) is 0 Å². The Balaban J connectivity index is 2.09. The molecule has 21 heavy (non-hydrogen) atoms. The number of alkyl halides is 3. The van der Waals surface area contributed by atoms with E-state index in [4.69, 9.17) is 0 Å².